The molecule has 0 aliphatic heterocycles. The van der Waals surface area contributed by atoms with Crippen LogP contribution in [0.25, 0.3) is 0 Å². The van der Waals surface area contributed by atoms with Gasteiger partial charge in [-0.2, -0.15) is 0 Å². The SMILES string of the molecule is [B]C1(C)CCC(C(C)(C)C)CC1. The molecule has 0 aromatic rings. The summed E-state index contributed by atoms with van der Waals surface area (Å²) in [5.41, 5.74) is 0.483. The van der Waals surface area contributed by atoms with Crippen LogP contribution in [0.2, 0.25) is 5.31 Å². The van der Waals surface area contributed by atoms with E-state index in [1.165, 1.54) is 25.7 Å². The highest BCUT2D eigenvalue weighted by Gasteiger charge is 2.32. The monoisotopic (exact) mass is 164 g/mol. The van der Waals surface area contributed by atoms with Crippen molar-refractivity contribution in [3.8, 4) is 0 Å². The minimum atomic E-state index is 0.127. The highest BCUT2D eigenvalue weighted by Crippen LogP contribution is 2.46. The van der Waals surface area contributed by atoms with Crippen molar-refractivity contribution in [2.75, 3.05) is 0 Å². The first-order valence-corrected chi connectivity index (χ1v) is 5.10. The molecule has 68 valence electrons. The van der Waals surface area contributed by atoms with Gasteiger partial charge in [-0.25, -0.2) is 0 Å². The van der Waals surface area contributed by atoms with Crippen LogP contribution >= 0.6 is 0 Å². The summed E-state index contributed by atoms with van der Waals surface area (Å²) >= 11 is 0. The fourth-order valence-corrected chi connectivity index (χ4v) is 2.14. The summed E-state index contributed by atoms with van der Waals surface area (Å²) < 4.78 is 0. The van der Waals surface area contributed by atoms with Crippen LogP contribution in [0.15, 0.2) is 0 Å². The number of rotatable bonds is 0. The molecule has 0 bridgehead atoms. The second kappa shape index (κ2) is 3.08. The first-order valence-electron chi connectivity index (χ1n) is 5.10. The Bertz CT molecular complexity index is 143. The van der Waals surface area contributed by atoms with Gasteiger partial charge in [-0.05, 0) is 11.3 Å². The van der Waals surface area contributed by atoms with E-state index >= 15 is 0 Å². The van der Waals surface area contributed by atoms with E-state index in [0.29, 0.717) is 5.41 Å². The van der Waals surface area contributed by atoms with Crippen molar-refractivity contribution in [3.05, 3.63) is 0 Å². The fraction of sp³-hybridized carbons (Fsp3) is 1.00. The van der Waals surface area contributed by atoms with Gasteiger partial charge in [0.05, 0.1) is 7.85 Å². The van der Waals surface area contributed by atoms with Gasteiger partial charge in [0.25, 0.3) is 0 Å². The molecule has 0 N–H and O–H groups in total. The maximum atomic E-state index is 6.08. The summed E-state index contributed by atoms with van der Waals surface area (Å²) in [5, 5.41) is 0.127. The second-order valence-electron chi connectivity index (χ2n) is 5.79. The van der Waals surface area contributed by atoms with Crippen LogP contribution in [0.4, 0.5) is 0 Å². The van der Waals surface area contributed by atoms with Crippen molar-refractivity contribution in [1.29, 1.82) is 0 Å². The zero-order chi connectivity index (χ0) is 9.41. The summed E-state index contributed by atoms with van der Waals surface area (Å²) in [5.74, 6) is 0.883. The van der Waals surface area contributed by atoms with Crippen LogP contribution in [0.3, 0.4) is 0 Å². The third-order valence-corrected chi connectivity index (χ3v) is 3.35. The van der Waals surface area contributed by atoms with Crippen molar-refractivity contribution in [2.45, 2.75) is 58.7 Å². The van der Waals surface area contributed by atoms with E-state index in [0.717, 1.165) is 5.92 Å². The van der Waals surface area contributed by atoms with Gasteiger partial charge in [0.1, 0.15) is 0 Å². The predicted molar refractivity (Wildman–Crippen MR) is 55.5 cm³/mol. The molecule has 1 aliphatic carbocycles. The molecule has 0 nitrogen and oxygen atoms in total. The lowest BCUT2D eigenvalue weighted by atomic mass is 9.57. The van der Waals surface area contributed by atoms with E-state index in [-0.39, 0.29) is 5.31 Å². The van der Waals surface area contributed by atoms with E-state index in [9.17, 15) is 0 Å². The summed E-state index contributed by atoms with van der Waals surface area (Å²) in [6.45, 7) is 9.22. The zero-order valence-corrected chi connectivity index (χ0v) is 8.98. The van der Waals surface area contributed by atoms with E-state index < -0.39 is 0 Å². The fourth-order valence-electron chi connectivity index (χ4n) is 2.14. The van der Waals surface area contributed by atoms with Gasteiger partial charge in [0.2, 0.25) is 0 Å². The van der Waals surface area contributed by atoms with Gasteiger partial charge in [-0.15, -0.1) is 0 Å². The molecule has 0 amide bonds. The molecule has 12 heavy (non-hydrogen) atoms. The van der Waals surface area contributed by atoms with Crippen molar-refractivity contribution < 1.29 is 0 Å². The van der Waals surface area contributed by atoms with Gasteiger partial charge in [-0.1, -0.05) is 58.7 Å². The topological polar surface area (TPSA) is 0 Å². The number of hydrogen-bond donors (Lipinski definition) is 0. The molecule has 0 spiro atoms. The van der Waals surface area contributed by atoms with Crippen LogP contribution < -0.4 is 0 Å². The Morgan fingerprint density at radius 2 is 1.58 bits per heavy atom. The highest BCUT2D eigenvalue weighted by atomic mass is 14.4. The zero-order valence-electron chi connectivity index (χ0n) is 8.98. The van der Waals surface area contributed by atoms with Gasteiger partial charge >= 0.3 is 0 Å². The average Bonchev–Trinajstić information content (AvgIpc) is 1.83. The molecule has 1 saturated carbocycles. The maximum absolute atomic E-state index is 6.08. The third-order valence-electron chi connectivity index (χ3n) is 3.35. The Kier molecular flexibility index (Phi) is 2.61. The predicted octanol–water partition coefficient (Wildman–Crippen LogP) is 3.57. The number of hydrogen-bond acceptors (Lipinski definition) is 0. The molecule has 0 atom stereocenters. The second-order valence-corrected chi connectivity index (χ2v) is 5.79. The molecule has 0 aromatic heterocycles. The van der Waals surface area contributed by atoms with Crippen molar-refractivity contribution in [3.63, 3.8) is 0 Å². The Labute approximate surface area is 78.5 Å². The van der Waals surface area contributed by atoms with Crippen LogP contribution in [0.5, 0.6) is 0 Å². The van der Waals surface area contributed by atoms with Gasteiger partial charge < -0.3 is 0 Å². The standard InChI is InChI=1S/C11H21B/c1-10(2,3)9-5-7-11(4,12)8-6-9/h9H,5-8H2,1-4H3. The van der Waals surface area contributed by atoms with Crippen molar-refractivity contribution in [1.82, 2.24) is 0 Å². The summed E-state index contributed by atoms with van der Waals surface area (Å²) in [6.07, 6.45) is 5.04. The molecule has 1 fully saturated rings. The minimum absolute atomic E-state index is 0.127. The summed E-state index contributed by atoms with van der Waals surface area (Å²) in [6, 6.07) is 0. The van der Waals surface area contributed by atoms with Gasteiger partial charge in [-0.3, -0.25) is 0 Å². The van der Waals surface area contributed by atoms with Crippen LogP contribution in [-0.2, 0) is 0 Å². The minimum Gasteiger partial charge on any atom is -0.0688 e. The van der Waals surface area contributed by atoms with E-state index in [1.54, 1.807) is 0 Å². The molecular weight excluding hydrogens is 143 g/mol. The normalized spacial score (nSPS) is 38.2. The molecule has 0 saturated heterocycles. The van der Waals surface area contributed by atoms with Crippen LogP contribution in [0.1, 0.15) is 53.4 Å². The van der Waals surface area contributed by atoms with E-state index in [4.69, 9.17) is 7.85 Å². The lowest BCUT2D eigenvalue weighted by molar-refractivity contribution is 0.161. The Morgan fingerprint density at radius 1 is 1.17 bits per heavy atom. The first kappa shape index (κ1) is 10.1. The summed E-state index contributed by atoms with van der Waals surface area (Å²) in [4.78, 5) is 0. The van der Waals surface area contributed by atoms with Gasteiger partial charge in [0, 0.05) is 0 Å². The molecular formula is C11H21B. The largest absolute Gasteiger partial charge is 0.0742 e. The van der Waals surface area contributed by atoms with E-state index in [2.05, 4.69) is 27.7 Å². The highest BCUT2D eigenvalue weighted by molar-refractivity contribution is 6.14. The molecule has 0 unspecified atom stereocenters. The van der Waals surface area contributed by atoms with Crippen molar-refractivity contribution in [2.24, 2.45) is 11.3 Å². The molecule has 1 heteroatoms. The van der Waals surface area contributed by atoms with Crippen LogP contribution in [0, 0.1) is 11.3 Å². The molecule has 2 radical (unpaired) electrons. The molecule has 0 aromatic carbocycles. The quantitative estimate of drug-likeness (QED) is 0.480. The smallest absolute Gasteiger partial charge is 0.0688 e. The van der Waals surface area contributed by atoms with Crippen molar-refractivity contribution >= 4 is 7.85 Å². The molecule has 1 rings (SSSR count). The Balaban J connectivity index is 2.47. The molecule has 1 aliphatic rings. The maximum Gasteiger partial charge on any atom is 0.0742 e. The Hall–Kier alpha value is 0.0649. The van der Waals surface area contributed by atoms with E-state index in [1.807, 2.05) is 0 Å². The third kappa shape index (κ3) is 2.53. The Morgan fingerprint density at radius 3 is 1.92 bits per heavy atom. The lowest BCUT2D eigenvalue weighted by Crippen LogP contribution is -2.27. The van der Waals surface area contributed by atoms with Crippen LogP contribution in [-0.4, -0.2) is 7.85 Å². The first-order chi connectivity index (χ1) is 5.31. The molecule has 0 heterocycles. The van der Waals surface area contributed by atoms with Gasteiger partial charge in [0.15, 0.2) is 0 Å². The summed E-state index contributed by atoms with van der Waals surface area (Å²) in [7, 11) is 6.08. The lowest BCUT2D eigenvalue weighted by Gasteiger charge is -2.40. The average molecular weight is 164 g/mol.